The maximum atomic E-state index is 14.0. The Labute approximate surface area is 371 Å². The number of rotatable bonds is 14. The zero-order valence-electron chi connectivity index (χ0n) is 36.1. The number of carbonyl (C=O) groups is 1. The second-order valence-corrected chi connectivity index (χ2v) is 20.1. The molecular formula is C49H59ClN6O5S. The van der Waals surface area contributed by atoms with E-state index in [0.29, 0.717) is 5.75 Å². The number of aromatic amines is 1. The number of allylic oxidation sites excluding steroid dienone is 1. The first-order valence-electron chi connectivity index (χ1n) is 21.9. The molecule has 62 heavy (non-hydrogen) atoms. The number of aryl methyl sites for hydroxylation is 1. The van der Waals surface area contributed by atoms with Crippen molar-refractivity contribution in [1.82, 2.24) is 19.5 Å². The number of aliphatic hydroxyl groups is 1. The molecule has 2 saturated heterocycles. The van der Waals surface area contributed by atoms with Crippen LogP contribution in [0.1, 0.15) is 73.9 Å². The maximum absolute atomic E-state index is 14.0. The summed E-state index contributed by atoms with van der Waals surface area (Å²) < 4.78 is 36.3. The third kappa shape index (κ3) is 10.5. The summed E-state index contributed by atoms with van der Waals surface area (Å²) in [5.74, 6) is 0.0338. The Kier molecular flexibility index (Phi) is 13.3. The fraction of sp³-hybridized carbons (Fsp3) is 0.408. The number of ether oxygens (including phenoxy) is 1. The molecule has 1 amide bonds. The number of amides is 1. The Hall–Kier alpha value is -4.85. The maximum Gasteiger partial charge on any atom is 0.268 e. The Bertz CT molecular complexity index is 2520. The van der Waals surface area contributed by atoms with Crippen LogP contribution >= 0.6 is 11.6 Å². The third-order valence-corrected chi connectivity index (χ3v) is 14.4. The molecule has 5 aromatic rings. The standard InChI is InChI=1S/C49H59ClN6O5S/c1-34-29-42(11-14-45(34)52-39-17-22-54(23-18-39)21-4-28-57)62(59,60)53-48(58)43-12-9-40(31-47(43)61-41-10-13-46-36(30-41)16-20-51-46)56-26-24-55(25-27-56)33-37-15-19-49(2,3)32-44(37)35-5-7-38(50)8-6-35/h5-14,16,20,29-31,39,51-52,57H,4,15,17-19,21-28,32-33H2,1-3H3,(H,53,58). The highest BCUT2D eigenvalue weighted by atomic mass is 35.5. The molecule has 1 aliphatic carbocycles. The fourth-order valence-corrected chi connectivity index (χ4v) is 10.3. The van der Waals surface area contributed by atoms with Gasteiger partial charge in [-0.3, -0.25) is 9.69 Å². The Morgan fingerprint density at radius 3 is 2.44 bits per heavy atom. The number of fused-ring (bicyclic) bond motifs is 1. The molecule has 1 aromatic heterocycles. The largest absolute Gasteiger partial charge is 0.456 e. The van der Waals surface area contributed by atoms with Crippen LogP contribution in [0.4, 0.5) is 11.4 Å². The quantitative estimate of drug-likeness (QED) is 0.0864. The number of hydrogen-bond acceptors (Lipinski definition) is 9. The van der Waals surface area contributed by atoms with Crippen LogP contribution < -0.4 is 19.7 Å². The van der Waals surface area contributed by atoms with Crippen LogP contribution in [0.15, 0.2) is 102 Å². The second kappa shape index (κ2) is 18.9. The number of halogens is 1. The van der Waals surface area contributed by atoms with E-state index in [1.54, 1.807) is 18.2 Å². The van der Waals surface area contributed by atoms with Crippen molar-refractivity contribution in [3.63, 3.8) is 0 Å². The minimum absolute atomic E-state index is 0.00980. The summed E-state index contributed by atoms with van der Waals surface area (Å²) in [4.78, 5) is 24.4. The van der Waals surface area contributed by atoms with E-state index in [1.807, 2.05) is 61.7 Å². The van der Waals surface area contributed by atoms with Gasteiger partial charge in [0, 0.05) is 105 Å². The molecule has 3 heterocycles. The molecule has 0 saturated carbocycles. The van der Waals surface area contributed by atoms with Gasteiger partial charge in [-0.15, -0.1) is 0 Å². The lowest BCUT2D eigenvalue weighted by Crippen LogP contribution is -2.47. The topological polar surface area (TPSA) is 130 Å². The first-order chi connectivity index (χ1) is 29.8. The predicted molar refractivity (Wildman–Crippen MR) is 250 cm³/mol. The number of hydrogen-bond donors (Lipinski definition) is 4. The number of likely N-dealkylation sites (tertiary alicyclic amines) is 1. The van der Waals surface area contributed by atoms with Gasteiger partial charge in [0.25, 0.3) is 15.9 Å². The van der Waals surface area contributed by atoms with E-state index >= 15 is 0 Å². The van der Waals surface area contributed by atoms with Crippen LogP contribution in [-0.4, -0.2) is 99.2 Å². The Balaban J connectivity index is 0.969. The molecule has 328 valence electrons. The molecule has 0 unspecified atom stereocenters. The summed E-state index contributed by atoms with van der Waals surface area (Å²) in [5.41, 5.74) is 8.08. The molecule has 4 aromatic carbocycles. The van der Waals surface area contributed by atoms with Crippen LogP contribution in [-0.2, 0) is 10.0 Å². The summed E-state index contributed by atoms with van der Waals surface area (Å²) in [7, 11) is -4.23. The number of H-pyrrole nitrogens is 1. The van der Waals surface area contributed by atoms with Crippen molar-refractivity contribution in [1.29, 1.82) is 0 Å². The summed E-state index contributed by atoms with van der Waals surface area (Å²) in [6.07, 6.45) is 7.84. The molecule has 2 aliphatic heterocycles. The highest BCUT2D eigenvalue weighted by molar-refractivity contribution is 7.90. The number of piperidine rings is 1. The predicted octanol–water partition coefficient (Wildman–Crippen LogP) is 9.09. The van der Waals surface area contributed by atoms with Crippen LogP contribution in [0.25, 0.3) is 16.5 Å². The minimum Gasteiger partial charge on any atom is -0.456 e. The first kappa shape index (κ1) is 43.8. The lowest BCUT2D eigenvalue weighted by atomic mass is 9.72. The normalized spacial score (nSPS) is 18.0. The van der Waals surface area contributed by atoms with Gasteiger partial charge in [0.2, 0.25) is 0 Å². The highest BCUT2D eigenvalue weighted by Gasteiger charge is 2.30. The zero-order valence-corrected chi connectivity index (χ0v) is 37.6. The lowest BCUT2D eigenvalue weighted by molar-refractivity contribution is 0.0979. The SMILES string of the molecule is Cc1cc(S(=O)(=O)NC(=O)c2ccc(N3CCN(CC4=C(c5ccc(Cl)cc5)CC(C)(C)CC4)CC3)cc2Oc2ccc3[nH]ccc3c2)ccc1NC1CCN(CCCO)CC1. The number of carbonyl (C=O) groups excluding carboxylic acids is 1. The number of piperazine rings is 1. The molecule has 2 fully saturated rings. The smallest absolute Gasteiger partial charge is 0.268 e. The van der Waals surface area contributed by atoms with E-state index in [9.17, 15) is 18.3 Å². The molecule has 8 rings (SSSR count). The van der Waals surface area contributed by atoms with Crippen molar-refractivity contribution >= 4 is 55.4 Å². The molecule has 3 aliphatic rings. The summed E-state index contributed by atoms with van der Waals surface area (Å²) in [5, 5.41) is 14.5. The van der Waals surface area contributed by atoms with Gasteiger partial charge < -0.3 is 29.9 Å². The van der Waals surface area contributed by atoms with Crippen molar-refractivity contribution in [3.8, 4) is 11.5 Å². The van der Waals surface area contributed by atoms with E-state index in [0.717, 1.165) is 124 Å². The molecule has 13 heteroatoms. The molecular weight excluding hydrogens is 820 g/mol. The van der Waals surface area contributed by atoms with E-state index in [2.05, 4.69) is 55.7 Å². The summed E-state index contributed by atoms with van der Waals surface area (Å²) >= 11 is 6.26. The number of nitrogens with zero attached hydrogens (tertiary/aromatic N) is 3. The van der Waals surface area contributed by atoms with Gasteiger partial charge in [-0.2, -0.15) is 0 Å². The summed E-state index contributed by atoms with van der Waals surface area (Å²) in [6, 6.07) is 26.5. The third-order valence-electron chi connectivity index (χ3n) is 12.8. The van der Waals surface area contributed by atoms with Crippen LogP contribution in [0.3, 0.4) is 0 Å². The number of aromatic nitrogens is 1. The number of aliphatic hydroxyl groups excluding tert-OH is 1. The van der Waals surface area contributed by atoms with Crippen molar-refractivity contribution in [2.24, 2.45) is 5.41 Å². The highest BCUT2D eigenvalue weighted by Crippen LogP contribution is 2.43. The molecule has 0 spiro atoms. The minimum atomic E-state index is -4.23. The summed E-state index contributed by atoms with van der Waals surface area (Å²) in [6.45, 7) is 13.8. The number of anilines is 2. The number of sulfonamides is 1. The van der Waals surface area contributed by atoms with Gasteiger partial charge in [0.15, 0.2) is 0 Å². The van der Waals surface area contributed by atoms with Crippen LogP contribution in [0.2, 0.25) is 5.02 Å². The first-order valence-corrected chi connectivity index (χ1v) is 23.8. The monoisotopic (exact) mass is 878 g/mol. The molecule has 0 atom stereocenters. The van der Waals surface area contributed by atoms with Gasteiger partial charge in [-0.05, 0) is 134 Å². The van der Waals surface area contributed by atoms with Crippen molar-refractivity contribution in [2.75, 3.05) is 69.2 Å². The average molecular weight is 880 g/mol. The van der Waals surface area contributed by atoms with E-state index in [-0.39, 0.29) is 34.3 Å². The zero-order chi connectivity index (χ0) is 43.4. The molecule has 0 radical (unpaired) electrons. The number of nitrogens with one attached hydrogen (secondary N) is 3. The average Bonchev–Trinajstić information content (AvgIpc) is 3.73. The van der Waals surface area contributed by atoms with E-state index < -0.39 is 15.9 Å². The van der Waals surface area contributed by atoms with Crippen molar-refractivity contribution in [3.05, 3.63) is 118 Å². The Morgan fingerprint density at radius 1 is 0.919 bits per heavy atom. The van der Waals surface area contributed by atoms with Crippen molar-refractivity contribution in [2.45, 2.75) is 70.2 Å². The number of benzene rings is 4. The van der Waals surface area contributed by atoms with Gasteiger partial charge in [0.1, 0.15) is 11.5 Å². The van der Waals surface area contributed by atoms with E-state index in [4.69, 9.17) is 16.3 Å². The van der Waals surface area contributed by atoms with Crippen molar-refractivity contribution < 1.29 is 23.1 Å². The van der Waals surface area contributed by atoms with Crippen LogP contribution in [0.5, 0.6) is 11.5 Å². The lowest BCUT2D eigenvalue weighted by Gasteiger charge is -2.39. The molecule has 4 N–H and O–H groups in total. The molecule has 11 nitrogen and oxygen atoms in total. The Morgan fingerprint density at radius 2 is 1.69 bits per heavy atom. The van der Waals surface area contributed by atoms with Gasteiger partial charge in [-0.1, -0.05) is 43.2 Å². The second-order valence-electron chi connectivity index (χ2n) is 18.0. The molecule has 0 bridgehead atoms. The van der Waals surface area contributed by atoms with Gasteiger partial charge in [0.05, 0.1) is 10.5 Å². The van der Waals surface area contributed by atoms with Crippen LogP contribution in [0, 0.1) is 12.3 Å². The van der Waals surface area contributed by atoms with Gasteiger partial charge >= 0.3 is 0 Å². The van der Waals surface area contributed by atoms with E-state index in [1.165, 1.54) is 22.8 Å². The fourth-order valence-electron chi connectivity index (χ4n) is 9.12. The van der Waals surface area contributed by atoms with Gasteiger partial charge in [-0.25, -0.2) is 13.1 Å².